The van der Waals surface area contributed by atoms with Gasteiger partial charge in [0.2, 0.25) is 11.8 Å². The molecule has 0 aromatic carbocycles. The number of carbonyl (C=O) groups is 2. The number of rotatable bonds is 35. The summed E-state index contributed by atoms with van der Waals surface area (Å²) in [5.74, 6) is 0.245. The SMILES string of the molecule is CCCCCCCCCCCCCCNC(=O)CCN(CCCN)CCC(=O)NCCCCCCCCCCCCCC. The summed E-state index contributed by atoms with van der Waals surface area (Å²) in [6.07, 6.45) is 33.8. The van der Waals surface area contributed by atoms with Crippen LogP contribution in [0.25, 0.3) is 0 Å². The van der Waals surface area contributed by atoms with Crippen LogP contribution in [0.4, 0.5) is 0 Å². The predicted octanol–water partition coefficient (Wildman–Crippen LogP) is 9.05. The maximum atomic E-state index is 12.4. The van der Waals surface area contributed by atoms with Crippen LogP contribution in [-0.2, 0) is 9.59 Å². The van der Waals surface area contributed by atoms with E-state index in [4.69, 9.17) is 5.73 Å². The molecule has 0 unspecified atom stereocenters. The Morgan fingerprint density at radius 2 is 0.744 bits per heavy atom. The van der Waals surface area contributed by atoms with E-state index in [0.717, 1.165) is 38.9 Å². The number of carbonyl (C=O) groups excluding carboxylic acids is 2. The number of nitrogens with zero attached hydrogens (tertiary/aromatic N) is 1. The Hall–Kier alpha value is -1.14. The van der Waals surface area contributed by atoms with Gasteiger partial charge in [-0.25, -0.2) is 0 Å². The zero-order valence-electron chi connectivity index (χ0n) is 29.2. The Balaban J connectivity index is 3.71. The Kier molecular flexibility index (Phi) is 34.4. The van der Waals surface area contributed by atoms with Crippen molar-refractivity contribution in [2.24, 2.45) is 5.73 Å². The lowest BCUT2D eigenvalue weighted by Gasteiger charge is -2.21. The summed E-state index contributed by atoms with van der Waals surface area (Å²) >= 11 is 0. The molecule has 0 rings (SSSR count). The van der Waals surface area contributed by atoms with Crippen LogP contribution in [0.5, 0.6) is 0 Å². The van der Waals surface area contributed by atoms with Crippen LogP contribution in [0.1, 0.15) is 187 Å². The highest BCUT2D eigenvalue weighted by Gasteiger charge is 2.10. The van der Waals surface area contributed by atoms with Gasteiger partial charge in [0.15, 0.2) is 0 Å². The molecule has 0 saturated carbocycles. The molecule has 0 fully saturated rings. The number of unbranched alkanes of at least 4 members (excludes halogenated alkanes) is 22. The molecule has 0 aliphatic heterocycles. The highest BCUT2D eigenvalue weighted by atomic mass is 16.2. The normalized spacial score (nSPS) is 11.3. The first kappa shape index (κ1) is 41.9. The Morgan fingerprint density at radius 1 is 0.442 bits per heavy atom. The van der Waals surface area contributed by atoms with Gasteiger partial charge in [0.05, 0.1) is 0 Å². The first-order valence-corrected chi connectivity index (χ1v) is 19.1. The van der Waals surface area contributed by atoms with E-state index in [0.29, 0.717) is 32.5 Å². The van der Waals surface area contributed by atoms with Crippen molar-refractivity contribution in [3.63, 3.8) is 0 Å². The van der Waals surface area contributed by atoms with Crippen molar-refractivity contribution < 1.29 is 9.59 Å². The summed E-state index contributed by atoms with van der Waals surface area (Å²) in [5.41, 5.74) is 5.73. The minimum Gasteiger partial charge on any atom is -0.356 e. The average Bonchev–Trinajstić information content (AvgIpc) is 3.01. The second-order valence-electron chi connectivity index (χ2n) is 13.0. The first-order valence-electron chi connectivity index (χ1n) is 19.1. The molecular weight excluding hydrogens is 532 g/mol. The average molecular weight is 609 g/mol. The highest BCUT2D eigenvalue weighted by Crippen LogP contribution is 2.13. The lowest BCUT2D eigenvalue weighted by atomic mass is 10.1. The molecule has 0 bridgehead atoms. The smallest absolute Gasteiger partial charge is 0.221 e. The second kappa shape index (κ2) is 35.3. The fourth-order valence-corrected chi connectivity index (χ4v) is 5.73. The van der Waals surface area contributed by atoms with Crippen LogP contribution in [0.3, 0.4) is 0 Å². The number of nitrogens with two attached hydrogens (primary N) is 1. The van der Waals surface area contributed by atoms with Gasteiger partial charge in [-0.3, -0.25) is 9.59 Å². The second-order valence-corrected chi connectivity index (χ2v) is 13.0. The summed E-state index contributed by atoms with van der Waals surface area (Å²) in [4.78, 5) is 27.0. The van der Waals surface area contributed by atoms with E-state index in [2.05, 4.69) is 29.4 Å². The van der Waals surface area contributed by atoms with Crippen LogP contribution in [0.15, 0.2) is 0 Å². The third-order valence-electron chi connectivity index (χ3n) is 8.69. The maximum Gasteiger partial charge on any atom is 0.221 e. The van der Waals surface area contributed by atoms with Crippen molar-refractivity contribution in [1.82, 2.24) is 15.5 Å². The lowest BCUT2D eigenvalue weighted by Crippen LogP contribution is -2.35. The van der Waals surface area contributed by atoms with Crippen LogP contribution in [-0.4, -0.2) is 56.0 Å². The first-order chi connectivity index (χ1) is 21.1. The van der Waals surface area contributed by atoms with Crippen molar-refractivity contribution in [1.29, 1.82) is 0 Å². The Bertz CT molecular complexity index is 541. The molecule has 0 aliphatic carbocycles. The molecule has 0 atom stereocenters. The summed E-state index contributed by atoms with van der Waals surface area (Å²) in [7, 11) is 0. The van der Waals surface area contributed by atoms with Gasteiger partial charge in [-0.05, 0) is 32.4 Å². The van der Waals surface area contributed by atoms with Crippen LogP contribution in [0, 0.1) is 0 Å². The van der Waals surface area contributed by atoms with Gasteiger partial charge in [-0.15, -0.1) is 0 Å². The number of hydrogen-bond donors (Lipinski definition) is 3. The van der Waals surface area contributed by atoms with Crippen LogP contribution >= 0.6 is 0 Å². The molecule has 4 N–H and O–H groups in total. The van der Waals surface area contributed by atoms with Gasteiger partial charge in [0.1, 0.15) is 0 Å². The number of hydrogen-bond acceptors (Lipinski definition) is 4. The summed E-state index contributed by atoms with van der Waals surface area (Å²) in [6.45, 7) is 8.96. The van der Waals surface area contributed by atoms with E-state index in [9.17, 15) is 9.59 Å². The molecule has 0 aliphatic rings. The highest BCUT2D eigenvalue weighted by molar-refractivity contribution is 5.76. The molecule has 256 valence electrons. The largest absolute Gasteiger partial charge is 0.356 e. The zero-order chi connectivity index (χ0) is 31.5. The van der Waals surface area contributed by atoms with E-state index in [1.807, 2.05) is 0 Å². The number of amides is 2. The third-order valence-corrected chi connectivity index (χ3v) is 8.69. The van der Waals surface area contributed by atoms with Gasteiger partial charge < -0.3 is 21.3 Å². The van der Waals surface area contributed by atoms with Gasteiger partial charge in [0, 0.05) is 39.0 Å². The molecule has 0 aromatic rings. The molecule has 0 saturated heterocycles. The summed E-state index contributed by atoms with van der Waals surface area (Å²) in [6, 6.07) is 0. The quantitative estimate of drug-likeness (QED) is 0.0626. The molecular formula is C37H76N4O2. The van der Waals surface area contributed by atoms with E-state index in [1.165, 1.54) is 141 Å². The number of nitrogens with one attached hydrogen (secondary N) is 2. The minimum absolute atomic E-state index is 0.122. The van der Waals surface area contributed by atoms with Gasteiger partial charge in [-0.1, -0.05) is 155 Å². The Morgan fingerprint density at radius 3 is 1.05 bits per heavy atom. The molecule has 0 heterocycles. The van der Waals surface area contributed by atoms with Gasteiger partial charge in [-0.2, -0.15) is 0 Å². The molecule has 2 amide bonds. The fraction of sp³-hybridized carbons (Fsp3) is 0.946. The maximum absolute atomic E-state index is 12.4. The van der Waals surface area contributed by atoms with Crippen molar-refractivity contribution >= 4 is 11.8 Å². The molecule has 0 aromatic heterocycles. The van der Waals surface area contributed by atoms with Crippen LogP contribution in [0.2, 0.25) is 0 Å². The molecule has 43 heavy (non-hydrogen) atoms. The molecule has 6 heteroatoms. The van der Waals surface area contributed by atoms with E-state index in [-0.39, 0.29) is 11.8 Å². The molecule has 0 radical (unpaired) electrons. The predicted molar refractivity (Wildman–Crippen MR) is 188 cm³/mol. The Labute approximate surface area is 268 Å². The monoisotopic (exact) mass is 609 g/mol. The van der Waals surface area contributed by atoms with E-state index < -0.39 is 0 Å². The topological polar surface area (TPSA) is 87.5 Å². The van der Waals surface area contributed by atoms with Crippen molar-refractivity contribution in [2.75, 3.05) is 39.3 Å². The third kappa shape index (κ3) is 33.6. The molecule has 6 nitrogen and oxygen atoms in total. The van der Waals surface area contributed by atoms with E-state index >= 15 is 0 Å². The molecule has 0 spiro atoms. The minimum atomic E-state index is 0.122. The lowest BCUT2D eigenvalue weighted by molar-refractivity contribution is -0.121. The standard InChI is InChI=1S/C37H76N4O2/c1-3-5-7-9-11-13-15-17-19-21-23-25-31-39-36(42)28-34-41(33-27-30-38)35-29-37(43)40-32-26-24-22-20-18-16-14-12-10-8-6-4-2/h3-35,38H2,1-2H3,(H,39,42)(H,40,43). The fourth-order valence-electron chi connectivity index (χ4n) is 5.73. The van der Waals surface area contributed by atoms with Gasteiger partial charge in [0.25, 0.3) is 0 Å². The van der Waals surface area contributed by atoms with Crippen molar-refractivity contribution in [3.05, 3.63) is 0 Å². The van der Waals surface area contributed by atoms with Crippen LogP contribution < -0.4 is 16.4 Å². The summed E-state index contributed by atoms with van der Waals surface area (Å²) < 4.78 is 0. The summed E-state index contributed by atoms with van der Waals surface area (Å²) in [5, 5.41) is 6.19. The van der Waals surface area contributed by atoms with Gasteiger partial charge >= 0.3 is 0 Å². The van der Waals surface area contributed by atoms with Crippen molar-refractivity contribution in [3.8, 4) is 0 Å². The van der Waals surface area contributed by atoms with E-state index in [1.54, 1.807) is 0 Å². The zero-order valence-corrected chi connectivity index (χ0v) is 29.2. The van der Waals surface area contributed by atoms with Crippen molar-refractivity contribution in [2.45, 2.75) is 187 Å².